The molecule has 0 aromatic heterocycles. The van der Waals surface area contributed by atoms with Crippen LogP contribution in [0.15, 0.2) is 78.9 Å². The lowest BCUT2D eigenvalue weighted by Crippen LogP contribution is -1.99. The zero-order valence-electron chi connectivity index (χ0n) is 20.9. The summed E-state index contributed by atoms with van der Waals surface area (Å²) in [4.78, 5) is 10.0. The number of aryl methyl sites for hydroxylation is 1. The molecule has 0 saturated carbocycles. The highest BCUT2D eigenvalue weighted by Gasteiger charge is 2.24. The normalized spacial score (nSPS) is 12.7. The van der Waals surface area contributed by atoms with Crippen LogP contribution in [-0.2, 0) is 11.0 Å². The second-order valence-corrected chi connectivity index (χ2v) is 10.4. The topological polar surface area (TPSA) is 55.8 Å². The van der Waals surface area contributed by atoms with E-state index in [4.69, 9.17) is 9.05 Å². The van der Waals surface area contributed by atoms with Crippen molar-refractivity contribution in [3.05, 3.63) is 84.4 Å². The number of phosphoric acid groups is 1. The first-order valence-corrected chi connectivity index (χ1v) is 14.5. The first-order valence-electron chi connectivity index (χ1n) is 13.0. The quantitative estimate of drug-likeness (QED) is 0.159. The number of phosphoric ester groups is 1. The van der Waals surface area contributed by atoms with Gasteiger partial charge in [-0.2, -0.15) is 0 Å². The predicted molar refractivity (Wildman–Crippen MR) is 145 cm³/mol. The summed E-state index contributed by atoms with van der Waals surface area (Å²) in [5.41, 5.74) is 3.50. The largest absolute Gasteiger partial charge is 0.584 e. The standard InChI is InChI=1S/C30H39O4P/c1-2-3-4-5-6-7-8-9-10-12-15-26-18-20-27(21-19-26)28-22-24-30(25-23-28)34-35(31,32)33-29-16-13-11-14-17-29/h11,13-14,16-25H,2-10,12,15H2,1H3,(H,31,32). The van der Waals surface area contributed by atoms with E-state index in [9.17, 15) is 9.46 Å². The minimum Gasteiger partial charge on any atom is -0.395 e. The van der Waals surface area contributed by atoms with Crippen LogP contribution in [0.3, 0.4) is 0 Å². The van der Waals surface area contributed by atoms with Gasteiger partial charge in [-0.1, -0.05) is 119 Å². The molecule has 35 heavy (non-hydrogen) atoms. The Morgan fingerprint density at radius 2 is 1.06 bits per heavy atom. The van der Waals surface area contributed by atoms with Crippen LogP contribution in [0.5, 0.6) is 11.5 Å². The van der Waals surface area contributed by atoms with Crippen molar-refractivity contribution in [3.8, 4) is 22.6 Å². The first kappa shape index (κ1) is 27.0. The zero-order chi connectivity index (χ0) is 24.8. The Balaban J connectivity index is 1.38. The molecule has 0 saturated heterocycles. The van der Waals surface area contributed by atoms with Gasteiger partial charge in [0, 0.05) is 0 Å². The van der Waals surface area contributed by atoms with Gasteiger partial charge in [-0.05, 0) is 53.8 Å². The molecule has 0 spiro atoms. The summed E-state index contributed by atoms with van der Waals surface area (Å²) < 4.78 is 22.6. The second kappa shape index (κ2) is 14.8. The molecule has 1 atom stereocenters. The summed E-state index contributed by atoms with van der Waals surface area (Å²) in [7, 11) is -4.26. The van der Waals surface area contributed by atoms with E-state index < -0.39 is 7.82 Å². The summed E-state index contributed by atoms with van der Waals surface area (Å²) in [6.07, 6.45) is 14.7. The Labute approximate surface area is 210 Å². The Morgan fingerprint density at radius 3 is 1.60 bits per heavy atom. The number of hydrogen-bond donors (Lipinski definition) is 1. The van der Waals surface area contributed by atoms with Crippen molar-refractivity contribution in [2.24, 2.45) is 0 Å². The molecule has 3 rings (SSSR count). The maximum Gasteiger partial charge on any atom is 0.584 e. The molecule has 3 aromatic rings. The number of rotatable bonds is 16. The first-order chi connectivity index (χ1) is 17.1. The van der Waals surface area contributed by atoms with Gasteiger partial charge in [-0.25, -0.2) is 4.57 Å². The van der Waals surface area contributed by atoms with Crippen LogP contribution in [0.25, 0.3) is 11.1 Å². The molecule has 1 N–H and O–H groups in total. The van der Waals surface area contributed by atoms with Crippen LogP contribution in [-0.4, -0.2) is 4.89 Å². The van der Waals surface area contributed by atoms with Crippen molar-refractivity contribution in [1.82, 2.24) is 0 Å². The Morgan fingerprint density at radius 1 is 0.600 bits per heavy atom. The molecule has 0 aliphatic heterocycles. The Hall–Kier alpha value is -2.55. The van der Waals surface area contributed by atoms with Gasteiger partial charge in [0.15, 0.2) is 0 Å². The van der Waals surface area contributed by atoms with Gasteiger partial charge < -0.3 is 9.05 Å². The smallest absolute Gasteiger partial charge is 0.395 e. The maximum absolute atomic E-state index is 12.3. The fourth-order valence-corrected chi connectivity index (χ4v) is 4.97. The van der Waals surface area contributed by atoms with Crippen molar-refractivity contribution in [1.29, 1.82) is 0 Å². The molecule has 4 nitrogen and oxygen atoms in total. The van der Waals surface area contributed by atoms with Crippen LogP contribution in [0.4, 0.5) is 0 Å². The van der Waals surface area contributed by atoms with E-state index in [0.717, 1.165) is 17.5 Å². The average Bonchev–Trinajstić information content (AvgIpc) is 2.86. The minimum atomic E-state index is -4.26. The molecular formula is C30H39O4P. The SMILES string of the molecule is CCCCCCCCCCCCc1ccc(-c2ccc(OP(=O)(O)Oc3ccccc3)cc2)cc1. The van der Waals surface area contributed by atoms with E-state index in [1.165, 1.54) is 69.8 Å². The lowest BCUT2D eigenvalue weighted by Gasteiger charge is -2.14. The third-order valence-electron chi connectivity index (χ3n) is 6.15. The summed E-state index contributed by atoms with van der Waals surface area (Å²) in [6, 6.07) is 24.3. The lowest BCUT2D eigenvalue weighted by atomic mass is 10.0. The van der Waals surface area contributed by atoms with Crippen LogP contribution in [0.2, 0.25) is 0 Å². The number of unbranched alkanes of at least 4 members (excludes halogenated alkanes) is 9. The van der Waals surface area contributed by atoms with Gasteiger partial charge in [0.25, 0.3) is 0 Å². The highest BCUT2D eigenvalue weighted by Crippen LogP contribution is 2.44. The molecule has 0 heterocycles. The van der Waals surface area contributed by atoms with Crippen molar-refractivity contribution in [3.63, 3.8) is 0 Å². The van der Waals surface area contributed by atoms with E-state index in [2.05, 4.69) is 31.2 Å². The third-order valence-corrected chi connectivity index (χ3v) is 7.03. The molecule has 0 bridgehead atoms. The molecule has 5 heteroatoms. The van der Waals surface area contributed by atoms with Crippen LogP contribution >= 0.6 is 7.82 Å². The maximum atomic E-state index is 12.3. The van der Waals surface area contributed by atoms with Crippen molar-refractivity contribution < 1.29 is 18.5 Å². The monoisotopic (exact) mass is 494 g/mol. The van der Waals surface area contributed by atoms with Gasteiger partial charge in [0.05, 0.1) is 0 Å². The minimum absolute atomic E-state index is 0.285. The van der Waals surface area contributed by atoms with E-state index >= 15 is 0 Å². The highest BCUT2D eigenvalue weighted by molar-refractivity contribution is 7.48. The fourth-order valence-electron chi connectivity index (χ4n) is 4.16. The van der Waals surface area contributed by atoms with Gasteiger partial charge in [-0.3, -0.25) is 4.89 Å². The van der Waals surface area contributed by atoms with E-state index in [1.807, 2.05) is 12.1 Å². The van der Waals surface area contributed by atoms with Crippen molar-refractivity contribution >= 4 is 7.82 Å². The van der Waals surface area contributed by atoms with Crippen molar-refractivity contribution in [2.75, 3.05) is 0 Å². The Kier molecular flexibility index (Phi) is 11.4. The van der Waals surface area contributed by atoms with Gasteiger partial charge in [-0.15, -0.1) is 0 Å². The number of para-hydroxylation sites is 1. The molecule has 0 fully saturated rings. The van der Waals surface area contributed by atoms with E-state index in [0.29, 0.717) is 0 Å². The predicted octanol–water partition coefficient (Wildman–Crippen LogP) is 9.38. The van der Waals surface area contributed by atoms with Crippen molar-refractivity contribution in [2.45, 2.75) is 77.6 Å². The second-order valence-electron chi connectivity index (χ2n) is 9.12. The summed E-state index contributed by atoms with van der Waals surface area (Å²) in [6.45, 7) is 2.27. The molecule has 188 valence electrons. The number of benzene rings is 3. The average molecular weight is 495 g/mol. The Bertz CT molecular complexity index is 1020. The summed E-state index contributed by atoms with van der Waals surface area (Å²) in [5.74, 6) is 0.570. The zero-order valence-corrected chi connectivity index (χ0v) is 21.8. The fraction of sp³-hybridized carbons (Fsp3) is 0.400. The molecule has 1 unspecified atom stereocenters. The molecule has 0 amide bonds. The van der Waals surface area contributed by atoms with Gasteiger partial charge in [0.2, 0.25) is 0 Å². The van der Waals surface area contributed by atoms with E-state index in [-0.39, 0.29) is 11.5 Å². The van der Waals surface area contributed by atoms with Crippen LogP contribution in [0.1, 0.15) is 76.7 Å². The number of hydrogen-bond acceptors (Lipinski definition) is 3. The van der Waals surface area contributed by atoms with Crippen LogP contribution < -0.4 is 9.05 Å². The molecule has 0 radical (unpaired) electrons. The lowest BCUT2D eigenvalue weighted by molar-refractivity contribution is 0.291. The molecular weight excluding hydrogens is 455 g/mol. The molecule has 0 aliphatic carbocycles. The summed E-state index contributed by atoms with van der Waals surface area (Å²) in [5, 5.41) is 0. The molecule has 3 aromatic carbocycles. The third kappa shape index (κ3) is 10.3. The summed E-state index contributed by atoms with van der Waals surface area (Å²) >= 11 is 0. The van der Waals surface area contributed by atoms with Crippen LogP contribution in [0, 0.1) is 0 Å². The van der Waals surface area contributed by atoms with E-state index in [1.54, 1.807) is 42.5 Å². The highest BCUT2D eigenvalue weighted by atomic mass is 31.2. The molecule has 0 aliphatic rings. The van der Waals surface area contributed by atoms with Gasteiger partial charge in [0.1, 0.15) is 11.5 Å². The van der Waals surface area contributed by atoms with Gasteiger partial charge >= 0.3 is 7.82 Å².